The highest BCUT2D eigenvalue weighted by atomic mass is 16.5. The van der Waals surface area contributed by atoms with Gasteiger partial charge in [-0.05, 0) is 19.6 Å². The highest BCUT2D eigenvalue weighted by molar-refractivity contribution is 5.97. The topological polar surface area (TPSA) is 55.4 Å². The molecule has 0 aliphatic carbocycles. The minimum absolute atomic E-state index is 0.146. The summed E-state index contributed by atoms with van der Waals surface area (Å²) in [6.45, 7) is 4.72. The molecule has 0 rings (SSSR count). The van der Waals surface area contributed by atoms with E-state index in [0.717, 1.165) is 12.2 Å². The fourth-order valence-corrected chi connectivity index (χ4v) is 0.423. The molecule has 4 nitrogen and oxygen atoms in total. The first-order valence-electron chi connectivity index (χ1n) is 3.28. The van der Waals surface area contributed by atoms with Crippen molar-refractivity contribution in [2.45, 2.75) is 6.92 Å². The van der Waals surface area contributed by atoms with Crippen LogP contribution in [-0.4, -0.2) is 18.8 Å². The molecule has 0 bridgehead atoms. The summed E-state index contributed by atoms with van der Waals surface area (Å²) in [7, 11) is 1.39. The molecule has 4 heteroatoms. The molecule has 0 saturated heterocycles. The van der Waals surface area contributed by atoms with E-state index in [1.54, 1.807) is 0 Å². The molecule has 0 aliphatic rings. The molecule has 66 valence electrons. The zero-order chi connectivity index (χ0) is 9.56. The lowest BCUT2D eigenvalue weighted by Gasteiger charge is -2.02. The van der Waals surface area contributed by atoms with Crippen molar-refractivity contribution >= 4 is 11.7 Å². The Morgan fingerprint density at radius 2 is 2.00 bits per heavy atom. The van der Waals surface area contributed by atoms with Gasteiger partial charge in [0.2, 0.25) is 0 Å². The highest BCUT2D eigenvalue weighted by Crippen LogP contribution is 1.84. The van der Waals surface area contributed by atoms with Gasteiger partial charge in [0.1, 0.15) is 0 Å². The van der Waals surface area contributed by atoms with E-state index in [1.165, 1.54) is 14.0 Å². The van der Waals surface area contributed by atoms with Gasteiger partial charge in [-0.3, -0.25) is 14.9 Å². The number of carbonyl (C=O) groups excluding carboxylic acids is 2. The van der Waals surface area contributed by atoms with Crippen molar-refractivity contribution < 1.29 is 14.3 Å². The van der Waals surface area contributed by atoms with E-state index in [-0.39, 0.29) is 11.7 Å². The molecule has 0 aliphatic heterocycles. The van der Waals surface area contributed by atoms with Crippen molar-refractivity contribution in [3.63, 3.8) is 0 Å². The number of hydrogen-bond acceptors (Lipinski definition) is 3. The van der Waals surface area contributed by atoms with Crippen LogP contribution in [0.25, 0.3) is 0 Å². The average Bonchev–Trinajstić information content (AvgIpc) is 2.00. The van der Waals surface area contributed by atoms with Crippen LogP contribution in [0.2, 0.25) is 0 Å². The summed E-state index contributed by atoms with van der Waals surface area (Å²) in [5.41, 5.74) is 0. The number of rotatable bonds is 4. The van der Waals surface area contributed by atoms with Gasteiger partial charge in [0, 0.05) is 6.08 Å². The van der Waals surface area contributed by atoms with Gasteiger partial charge in [-0.15, -0.1) is 0 Å². The number of nitrogens with one attached hydrogen (secondary N) is 1. The van der Waals surface area contributed by atoms with Crippen LogP contribution in [0.15, 0.2) is 24.6 Å². The molecule has 0 fully saturated rings. The first-order valence-corrected chi connectivity index (χ1v) is 3.28. The first-order chi connectivity index (χ1) is 5.56. The molecular weight excluding hydrogens is 158 g/mol. The van der Waals surface area contributed by atoms with Crippen LogP contribution in [-0.2, 0) is 14.3 Å². The van der Waals surface area contributed by atoms with Crippen molar-refractivity contribution in [1.82, 2.24) is 5.32 Å². The fraction of sp³-hybridized carbons (Fsp3) is 0.250. The zero-order valence-electron chi connectivity index (χ0n) is 7.09. The standard InChI is InChI=1S/C8H11NO3/c1-6(10)4-5-8(11)9-7(2)12-3/h4-5H,2H2,1,3H3,(H,9,11)/b5-4-. The Hall–Kier alpha value is -1.58. The molecule has 0 aromatic carbocycles. The SMILES string of the molecule is C=C(NC(=O)/C=C\C(C)=O)OC. The van der Waals surface area contributed by atoms with Gasteiger partial charge in [-0.2, -0.15) is 0 Å². The van der Waals surface area contributed by atoms with E-state index in [4.69, 9.17) is 0 Å². The lowest BCUT2D eigenvalue weighted by molar-refractivity contribution is -0.117. The molecule has 0 heterocycles. The molecular formula is C8H11NO3. The Balaban J connectivity index is 3.90. The van der Waals surface area contributed by atoms with Crippen LogP contribution >= 0.6 is 0 Å². The van der Waals surface area contributed by atoms with Gasteiger partial charge < -0.3 is 4.74 Å². The van der Waals surface area contributed by atoms with Crippen LogP contribution in [0.3, 0.4) is 0 Å². The van der Waals surface area contributed by atoms with Crippen molar-refractivity contribution in [3.05, 3.63) is 24.6 Å². The zero-order valence-corrected chi connectivity index (χ0v) is 7.09. The molecule has 0 atom stereocenters. The molecule has 0 radical (unpaired) electrons. The quantitative estimate of drug-likeness (QED) is 0.488. The second kappa shape index (κ2) is 5.12. The maximum Gasteiger partial charge on any atom is 0.250 e. The summed E-state index contributed by atoms with van der Waals surface area (Å²) in [5, 5.41) is 2.29. The van der Waals surface area contributed by atoms with Crippen molar-refractivity contribution in [2.24, 2.45) is 0 Å². The van der Waals surface area contributed by atoms with E-state index in [0.29, 0.717) is 0 Å². The third-order valence-corrected chi connectivity index (χ3v) is 0.978. The lowest BCUT2D eigenvalue weighted by atomic mass is 10.4. The van der Waals surface area contributed by atoms with Crippen LogP contribution in [0, 0.1) is 0 Å². The van der Waals surface area contributed by atoms with Gasteiger partial charge in [0.25, 0.3) is 5.91 Å². The van der Waals surface area contributed by atoms with E-state index in [2.05, 4.69) is 16.6 Å². The van der Waals surface area contributed by atoms with E-state index in [1.807, 2.05) is 0 Å². The predicted molar refractivity (Wildman–Crippen MR) is 44.1 cm³/mol. The van der Waals surface area contributed by atoms with Gasteiger partial charge in [-0.1, -0.05) is 0 Å². The second-order valence-corrected chi connectivity index (χ2v) is 2.06. The Morgan fingerprint density at radius 3 is 2.42 bits per heavy atom. The summed E-state index contributed by atoms with van der Waals surface area (Å²) < 4.78 is 4.58. The van der Waals surface area contributed by atoms with Gasteiger partial charge in [0.15, 0.2) is 11.7 Å². The number of carbonyl (C=O) groups is 2. The van der Waals surface area contributed by atoms with Crippen LogP contribution in [0.1, 0.15) is 6.92 Å². The predicted octanol–water partition coefficient (Wildman–Crippen LogP) is 0.365. The number of ether oxygens (including phenoxy) is 1. The molecule has 1 N–H and O–H groups in total. The summed E-state index contributed by atoms with van der Waals surface area (Å²) in [5.74, 6) is -0.474. The highest BCUT2D eigenvalue weighted by Gasteiger charge is 1.96. The molecule has 0 saturated carbocycles. The third kappa shape index (κ3) is 5.22. The lowest BCUT2D eigenvalue weighted by Crippen LogP contribution is -2.20. The van der Waals surface area contributed by atoms with Crippen molar-refractivity contribution in [1.29, 1.82) is 0 Å². The van der Waals surface area contributed by atoms with E-state index >= 15 is 0 Å². The normalized spacial score (nSPS) is 9.50. The molecule has 0 aromatic rings. The van der Waals surface area contributed by atoms with Gasteiger partial charge >= 0.3 is 0 Å². The van der Waals surface area contributed by atoms with Gasteiger partial charge in [0.05, 0.1) is 7.11 Å². The molecule has 0 spiro atoms. The molecule has 0 unspecified atom stereocenters. The smallest absolute Gasteiger partial charge is 0.250 e. The number of ketones is 1. The number of methoxy groups -OCH3 is 1. The molecule has 0 aromatic heterocycles. The maximum atomic E-state index is 10.8. The minimum Gasteiger partial charge on any atom is -0.483 e. The summed E-state index contributed by atoms with van der Waals surface area (Å²) in [6.07, 6.45) is 2.28. The van der Waals surface area contributed by atoms with Crippen molar-refractivity contribution in [2.75, 3.05) is 7.11 Å². The van der Waals surface area contributed by atoms with Crippen LogP contribution in [0.4, 0.5) is 0 Å². The van der Waals surface area contributed by atoms with Crippen LogP contribution < -0.4 is 5.32 Å². The van der Waals surface area contributed by atoms with Crippen LogP contribution in [0.5, 0.6) is 0 Å². The largest absolute Gasteiger partial charge is 0.483 e. The number of allylic oxidation sites excluding steroid dienone is 1. The Kier molecular flexibility index (Phi) is 4.45. The summed E-state index contributed by atoms with van der Waals surface area (Å²) >= 11 is 0. The second-order valence-electron chi connectivity index (χ2n) is 2.06. The number of amides is 1. The average molecular weight is 169 g/mol. The third-order valence-electron chi connectivity index (χ3n) is 0.978. The molecule has 1 amide bonds. The van der Waals surface area contributed by atoms with E-state index in [9.17, 15) is 9.59 Å². The summed E-state index contributed by atoms with van der Waals surface area (Å²) in [4.78, 5) is 21.2. The fourth-order valence-electron chi connectivity index (χ4n) is 0.423. The van der Waals surface area contributed by atoms with Crippen molar-refractivity contribution in [3.8, 4) is 0 Å². The molecule has 12 heavy (non-hydrogen) atoms. The minimum atomic E-state index is -0.433. The van der Waals surface area contributed by atoms with E-state index < -0.39 is 5.91 Å². The Bertz CT molecular complexity index is 230. The Labute approximate surface area is 70.9 Å². The summed E-state index contributed by atoms with van der Waals surface area (Å²) in [6, 6.07) is 0. The monoisotopic (exact) mass is 169 g/mol. The first kappa shape index (κ1) is 10.4. The Morgan fingerprint density at radius 1 is 1.42 bits per heavy atom. The maximum absolute atomic E-state index is 10.8. The number of hydrogen-bond donors (Lipinski definition) is 1. The van der Waals surface area contributed by atoms with Gasteiger partial charge in [-0.25, -0.2) is 0 Å².